The lowest BCUT2D eigenvalue weighted by molar-refractivity contribution is 0.0713. The standard InChI is InChI=1S/C18H27NO3/c1-18(2,21)10-7-14-3-5-16(6-4-14)17(20)19-11-8-15-9-12-22-13-15/h3-6,15,21H,7-13H2,1-2H3,(H,19,20)/t15-/m0/s1. The van der Waals surface area contributed by atoms with Crippen molar-refractivity contribution in [3.05, 3.63) is 35.4 Å². The Kier molecular flexibility index (Phi) is 5.98. The molecule has 1 saturated heterocycles. The van der Waals surface area contributed by atoms with Crippen molar-refractivity contribution in [2.45, 2.75) is 45.1 Å². The first-order chi connectivity index (χ1) is 10.4. The molecular formula is C18H27NO3. The third-order valence-corrected chi connectivity index (χ3v) is 4.10. The number of hydrogen-bond donors (Lipinski definition) is 2. The second-order valence-electron chi connectivity index (χ2n) is 6.78. The van der Waals surface area contributed by atoms with Gasteiger partial charge in [0.15, 0.2) is 0 Å². The van der Waals surface area contributed by atoms with Crippen molar-refractivity contribution in [3.8, 4) is 0 Å². The summed E-state index contributed by atoms with van der Waals surface area (Å²) in [5.41, 5.74) is 1.18. The number of aliphatic hydroxyl groups is 1. The first-order valence-corrected chi connectivity index (χ1v) is 8.11. The summed E-state index contributed by atoms with van der Waals surface area (Å²) in [7, 11) is 0. The van der Waals surface area contributed by atoms with Gasteiger partial charge in [-0.1, -0.05) is 12.1 Å². The van der Waals surface area contributed by atoms with Crippen LogP contribution in [0.2, 0.25) is 0 Å². The largest absolute Gasteiger partial charge is 0.390 e. The Hall–Kier alpha value is -1.39. The summed E-state index contributed by atoms with van der Waals surface area (Å²) >= 11 is 0. The smallest absolute Gasteiger partial charge is 0.251 e. The molecule has 0 unspecified atom stereocenters. The van der Waals surface area contributed by atoms with E-state index in [-0.39, 0.29) is 5.91 Å². The van der Waals surface area contributed by atoms with Crippen LogP contribution in [0.25, 0.3) is 0 Å². The van der Waals surface area contributed by atoms with Gasteiger partial charge in [-0.2, -0.15) is 0 Å². The van der Waals surface area contributed by atoms with Gasteiger partial charge in [0.2, 0.25) is 0 Å². The molecule has 1 aliphatic heterocycles. The molecule has 1 amide bonds. The normalized spacial score (nSPS) is 18.4. The van der Waals surface area contributed by atoms with Crippen LogP contribution in [-0.2, 0) is 11.2 Å². The summed E-state index contributed by atoms with van der Waals surface area (Å²) in [6, 6.07) is 7.64. The number of hydrogen-bond acceptors (Lipinski definition) is 3. The molecule has 22 heavy (non-hydrogen) atoms. The van der Waals surface area contributed by atoms with Crippen LogP contribution < -0.4 is 5.32 Å². The third-order valence-electron chi connectivity index (χ3n) is 4.10. The van der Waals surface area contributed by atoms with E-state index in [1.807, 2.05) is 38.1 Å². The summed E-state index contributed by atoms with van der Waals surface area (Å²) in [4.78, 5) is 12.1. The molecule has 2 N–H and O–H groups in total. The molecule has 2 rings (SSSR count). The van der Waals surface area contributed by atoms with Gasteiger partial charge in [0.1, 0.15) is 0 Å². The maximum absolute atomic E-state index is 12.1. The molecule has 0 aromatic heterocycles. The molecule has 4 heteroatoms. The molecule has 4 nitrogen and oxygen atoms in total. The summed E-state index contributed by atoms with van der Waals surface area (Å²) < 4.78 is 5.33. The van der Waals surface area contributed by atoms with Crippen molar-refractivity contribution in [3.63, 3.8) is 0 Å². The van der Waals surface area contributed by atoms with Gasteiger partial charge in [-0.15, -0.1) is 0 Å². The Balaban J connectivity index is 1.75. The van der Waals surface area contributed by atoms with Gasteiger partial charge in [0, 0.05) is 25.3 Å². The van der Waals surface area contributed by atoms with Gasteiger partial charge in [-0.05, 0) is 63.1 Å². The maximum atomic E-state index is 12.1. The maximum Gasteiger partial charge on any atom is 0.251 e. The summed E-state index contributed by atoms with van der Waals surface area (Å²) in [5.74, 6) is 0.567. The molecule has 1 aliphatic rings. The quantitative estimate of drug-likeness (QED) is 0.814. The first kappa shape index (κ1) is 17.0. The van der Waals surface area contributed by atoms with Crippen molar-refractivity contribution >= 4 is 5.91 Å². The van der Waals surface area contributed by atoms with Crippen LogP contribution in [0.4, 0.5) is 0 Å². The van der Waals surface area contributed by atoms with Crippen LogP contribution >= 0.6 is 0 Å². The molecule has 0 spiro atoms. The zero-order valence-corrected chi connectivity index (χ0v) is 13.6. The molecule has 0 aliphatic carbocycles. The Bertz CT molecular complexity index is 470. The predicted octanol–water partition coefficient (Wildman–Crippen LogP) is 2.55. The molecule has 1 atom stereocenters. The fourth-order valence-corrected chi connectivity index (χ4v) is 2.58. The van der Waals surface area contributed by atoms with Gasteiger partial charge >= 0.3 is 0 Å². The summed E-state index contributed by atoms with van der Waals surface area (Å²) in [6.07, 6.45) is 3.61. The number of aryl methyl sites for hydroxylation is 1. The number of ether oxygens (including phenoxy) is 1. The number of rotatable bonds is 7. The molecule has 1 aromatic carbocycles. The van der Waals surface area contributed by atoms with Crippen molar-refractivity contribution in [1.29, 1.82) is 0 Å². The highest BCUT2D eigenvalue weighted by Crippen LogP contribution is 2.16. The van der Waals surface area contributed by atoms with E-state index in [0.717, 1.165) is 38.0 Å². The van der Waals surface area contributed by atoms with E-state index in [4.69, 9.17) is 4.74 Å². The molecule has 0 saturated carbocycles. The third kappa shape index (κ3) is 5.78. The number of carbonyl (C=O) groups is 1. The zero-order valence-electron chi connectivity index (χ0n) is 13.6. The first-order valence-electron chi connectivity index (χ1n) is 8.11. The molecule has 0 radical (unpaired) electrons. The van der Waals surface area contributed by atoms with Crippen LogP contribution in [0.5, 0.6) is 0 Å². The minimum atomic E-state index is -0.653. The van der Waals surface area contributed by atoms with E-state index in [0.29, 0.717) is 24.4 Å². The van der Waals surface area contributed by atoms with Gasteiger partial charge in [0.25, 0.3) is 5.91 Å². The molecular weight excluding hydrogens is 278 g/mol. The lowest BCUT2D eigenvalue weighted by atomic mass is 9.98. The van der Waals surface area contributed by atoms with E-state index in [1.165, 1.54) is 0 Å². The van der Waals surface area contributed by atoms with Gasteiger partial charge < -0.3 is 15.2 Å². The van der Waals surface area contributed by atoms with Crippen LogP contribution in [0.15, 0.2) is 24.3 Å². The highest BCUT2D eigenvalue weighted by Gasteiger charge is 2.16. The van der Waals surface area contributed by atoms with Crippen LogP contribution in [0.1, 0.15) is 49.0 Å². The average Bonchev–Trinajstić information content (AvgIpc) is 2.98. The molecule has 122 valence electrons. The zero-order chi connectivity index (χ0) is 16.0. The number of amides is 1. The van der Waals surface area contributed by atoms with Crippen LogP contribution in [0.3, 0.4) is 0 Å². The van der Waals surface area contributed by atoms with E-state index >= 15 is 0 Å². The SMILES string of the molecule is CC(C)(O)CCc1ccc(C(=O)NCC[C@H]2CCOC2)cc1. The fraction of sp³-hybridized carbons (Fsp3) is 0.611. The van der Waals surface area contributed by atoms with E-state index < -0.39 is 5.60 Å². The number of benzene rings is 1. The van der Waals surface area contributed by atoms with E-state index in [2.05, 4.69) is 5.32 Å². The molecule has 1 aromatic rings. The van der Waals surface area contributed by atoms with E-state index in [9.17, 15) is 9.90 Å². The lowest BCUT2D eigenvalue weighted by Crippen LogP contribution is -2.26. The summed E-state index contributed by atoms with van der Waals surface area (Å²) in [6.45, 7) is 6.00. The number of nitrogens with one attached hydrogen (secondary N) is 1. The fourth-order valence-electron chi connectivity index (χ4n) is 2.58. The van der Waals surface area contributed by atoms with Gasteiger partial charge in [0.05, 0.1) is 5.60 Å². The minimum Gasteiger partial charge on any atom is -0.390 e. The Morgan fingerprint density at radius 3 is 2.68 bits per heavy atom. The van der Waals surface area contributed by atoms with Crippen LogP contribution in [0, 0.1) is 5.92 Å². The van der Waals surface area contributed by atoms with Crippen molar-refractivity contribution in [2.75, 3.05) is 19.8 Å². The van der Waals surface area contributed by atoms with E-state index in [1.54, 1.807) is 0 Å². The topological polar surface area (TPSA) is 58.6 Å². The Morgan fingerprint density at radius 1 is 1.36 bits per heavy atom. The van der Waals surface area contributed by atoms with Crippen molar-refractivity contribution in [2.24, 2.45) is 5.92 Å². The Morgan fingerprint density at radius 2 is 2.09 bits per heavy atom. The second kappa shape index (κ2) is 7.75. The lowest BCUT2D eigenvalue weighted by Gasteiger charge is -2.16. The second-order valence-corrected chi connectivity index (χ2v) is 6.78. The van der Waals surface area contributed by atoms with Crippen LogP contribution in [-0.4, -0.2) is 36.4 Å². The Labute approximate surface area is 132 Å². The summed E-state index contributed by atoms with van der Waals surface area (Å²) in [5, 5.41) is 12.7. The molecule has 1 heterocycles. The van der Waals surface area contributed by atoms with Crippen molar-refractivity contribution < 1.29 is 14.6 Å². The average molecular weight is 305 g/mol. The van der Waals surface area contributed by atoms with Gasteiger partial charge in [-0.25, -0.2) is 0 Å². The number of carbonyl (C=O) groups excluding carboxylic acids is 1. The highest BCUT2D eigenvalue weighted by atomic mass is 16.5. The van der Waals surface area contributed by atoms with Gasteiger partial charge in [-0.3, -0.25) is 4.79 Å². The monoisotopic (exact) mass is 305 g/mol. The molecule has 1 fully saturated rings. The molecule has 0 bridgehead atoms. The predicted molar refractivity (Wildman–Crippen MR) is 86.9 cm³/mol. The highest BCUT2D eigenvalue weighted by molar-refractivity contribution is 5.94. The van der Waals surface area contributed by atoms with Crippen molar-refractivity contribution in [1.82, 2.24) is 5.32 Å². The minimum absolute atomic E-state index is 0.0204.